The van der Waals surface area contributed by atoms with Crippen LogP contribution in [0.5, 0.6) is 0 Å². The molecule has 5 nitrogen and oxygen atoms in total. The Bertz CT molecular complexity index is 493. The van der Waals surface area contributed by atoms with Crippen LogP contribution in [0.3, 0.4) is 0 Å². The number of carboxylic acids is 1. The van der Waals surface area contributed by atoms with Gasteiger partial charge in [-0.05, 0) is 37.1 Å². The van der Waals surface area contributed by atoms with Gasteiger partial charge in [0, 0.05) is 12.1 Å². The van der Waals surface area contributed by atoms with Gasteiger partial charge < -0.3 is 10.8 Å². The summed E-state index contributed by atoms with van der Waals surface area (Å²) in [5.74, 6) is -1.24. The van der Waals surface area contributed by atoms with E-state index in [0.29, 0.717) is 18.5 Å². The smallest absolute Gasteiger partial charge is 0.320 e. The van der Waals surface area contributed by atoms with Crippen LogP contribution in [-0.4, -0.2) is 34.5 Å². The van der Waals surface area contributed by atoms with Crippen molar-refractivity contribution >= 4 is 24.3 Å². The average Bonchev–Trinajstić information content (AvgIpc) is 2.39. The van der Waals surface area contributed by atoms with Crippen molar-refractivity contribution in [3.05, 3.63) is 35.4 Å². The fourth-order valence-electron chi connectivity index (χ4n) is 2.52. The minimum Gasteiger partial charge on any atom is -0.480 e. The molecular weight excluding hydrogens is 280 g/mol. The van der Waals surface area contributed by atoms with Crippen LogP contribution in [0.1, 0.15) is 35.2 Å². The van der Waals surface area contributed by atoms with Crippen molar-refractivity contribution in [3.63, 3.8) is 0 Å². The van der Waals surface area contributed by atoms with Crippen LogP contribution in [0.25, 0.3) is 0 Å². The molecule has 0 aliphatic carbocycles. The Balaban J connectivity index is 0.00000200. The molecule has 6 heteroatoms. The summed E-state index contributed by atoms with van der Waals surface area (Å²) < 4.78 is 0. The van der Waals surface area contributed by atoms with Gasteiger partial charge in [-0.2, -0.15) is 0 Å². The number of benzene rings is 1. The molecule has 3 N–H and O–H groups in total. The SMILES string of the molecule is Cl.NC(=O)c1cccc(CN2CCCCC2C(=O)O)c1. The molecule has 1 fully saturated rings. The summed E-state index contributed by atoms with van der Waals surface area (Å²) in [7, 11) is 0. The fourth-order valence-corrected chi connectivity index (χ4v) is 2.52. The first-order chi connectivity index (χ1) is 9.08. The molecule has 110 valence electrons. The summed E-state index contributed by atoms with van der Waals surface area (Å²) in [5, 5.41) is 9.21. The topological polar surface area (TPSA) is 83.6 Å². The number of amides is 1. The van der Waals surface area contributed by atoms with Gasteiger partial charge in [0.05, 0.1) is 0 Å². The van der Waals surface area contributed by atoms with Gasteiger partial charge in [-0.25, -0.2) is 0 Å². The molecule has 2 rings (SSSR count). The zero-order chi connectivity index (χ0) is 13.8. The zero-order valence-electron chi connectivity index (χ0n) is 11.1. The predicted molar refractivity (Wildman–Crippen MR) is 77.9 cm³/mol. The first-order valence-electron chi connectivity index (χ1n) is 6.43. The van der Waals surface area contributed by atoms with E-state index in [1.54, 1.807) is 18.2 Å². The Morgan fingerprint density at radius 2 is 2.10 bits per heavy atom. The maximum Gasteiger partial charge on any atom is 0.320 e. The molecule has 0 bridgehead atoms. The largest absolute Gasteiger partial charge is 0.480 e. The van der Waals surface area contributed by atoms with E-state index in [1.165, 1.54) is 0 Å². The second kappa shape index (κ2) is 7.26. The first-order valence-corrected chi connectivity index (χ1v) is 6.43. The lowest BCUT2D eigenvalue weighted by molar-refractivity contribution is -0.144. The quantitative estimate of drug-likeness (QED) is 0.885. The van der Waals surface area contributed by atoms with Crippen molar-refractivity contribution in [1.82, 2.24) is 4.90 Å². The van der Waals surface area contributed by atoms with Crippen molar-refractivity contribution in [3.8, 4) is 0 Å². The Kier molecular flexibility index (Phi) is 5.98. The molecule has 1 aliphatic rings. The van der Waals surface area contributed by atoms with E-state index < -0.39 is 17.9 Å². The molecule has 1 saturated heterocycles. The minimum absolute atomic E-state index is 0. The summed E-state index contributed by atoms with van der Waals surface area (Å²) in [6.07, 6.45) is 2.65. The lowest BCUT2D eigenvalue weighted by Gasteiger charge is -2.32. The van der Waals surface area contributed by atoms with Gasteiger partial charge in [0.25, 0.3) is 0 Å². The van der Waals surface area contributed by atoms with Gasteiger partial charge in [0.15, 0.2) is 0 Å². The minimum atomic E-state index is -0.772. The van der Waals surface area contributed by atoms with E-state index in [-0.39, 0.29) is 12.4 Å². The molecule has 1 aliphatic heterocycles. The van der Waals surface area contributed by atoms with Crippen molar-refractivity contribution < 1.29 is 14.7 Å². The number of nitrogens with two attached hydrogens (primary N) is 1. The molecule has 0 spiro atoms. The third-order valence-corrected chi connectivity index (χ3v) is 3.50. The second-order valence-electron chi connectivity index (χ2n) is 4.88. The maximum atomic E-state index is 11.2. The maximum absolute atomic E-state index is 11.2. The van der Waals surface area contributed by atoms with E-state index in [4.69, 9.17) is 5.73 Å². The van der Waals surface area contributed by atoms with Crippen LogP contribution in [0.4, 0.5) is 0 Å². The summed E-state index contributed by atoms with van der Waals surface area (Å²) in [4.78, 5) is 24.3. The second-order valence-corrected chi connectivity index (χ2v) is 4.88. The van der Waals surface area contributed by atoms with Crippen molar-refractivity contribution in [2.45, 2.75) is 31.8 Å². The van der Waals surface area contributed by atoms with Crippen LogP contribution in [0, 0.1) is 0 Å². The number of carbonyl (C=O) groups is 2. The summed E-state index contributed by atoms with van der Waals surface area (Å²) in [6, 6.07) is 6.63. The number of primary amides is 1. The number of rotatable bonds is 4. The molecule has 0 radical (unpaired) electrons. The highest BCUT2D eigenvalue weighted by atomic mass is 35.5. The van der Waals surface area contributed by atoms with Gasteiger partial charge in [-0.3, -0.25) is 14.5 Å². The number of nitrogens with zero attached hydrogens (tertiary/aromatic N) is 1. The third kappa shape index (κ3) is 3.95. The molecule has 1 atom stereocenters. The lowest BCUT2D eigenvalue weighted by Crippen LogP contribution is -2.44. The van der Waals surface area contributed by atoms with Crippen molar-refractivity contribution in [2.75, 3.05) is 6.54 Å². The summed E-state index contributed by atoms with van der Waals surface area (Å²) >= 11 is 0. The summed E-state index contributed by atoms with van der Waals surface area (Å²) in [5.41, 5.74) is 6.63. The van der Waals surface area contributed by atoms with Gasteiger partial charge in [-0.1, -0.05) is 18.6 Å². The standard InChI is InChI=1S/C14H18N2O3.ClH/c15-13(17)11-5-3-4-10(8-11)9-16-7-2-1-6-12(16)14(18)19;/h3-5,8,12H,1-2,6-7,9H2,(H2,15,17)(H,18,19);1H. The van der Waals surface area contributed by atoms with Crippen LogP contribution in [0.2, 0.25) is 0 Å². The molecular formula is C14H19ClN2O3. The average molecular weight is 299 g/mol. The number of hydrogen-bond acceptors (Lipinski definition) is 3. The molecule has 1 amide bonds. The molecule has 0 saturated carbocycles. The van der Waals surface area contributed by atoms with Crippen LogP contribution >= 0.6 is 12.4 Å². The van der Waals surface area contributed by atoms with Crippen LogP contribution < -0.4 is 5.73 Å². The van der Waals surface area contributed by atoms with E-state index in [9.17, 15) is 14.7 Å². The van der Waals surface area contributed by atoms with Gasteiger partial charge >= 0.3 is 5.97 Å². The normalized spacial score (nSPS) is 19.1. The van der Waals surface area contributed by atoms with Gasteiger partial charge in [0.2, 0.25) is 5.91 Å². The number of piperidine rings is 1. The van der Waals surface area contributed by atoms with E-state index >= 15 is 0 Å². The molecule has 1 aromatic carbocycles. The molecule has 1 aromatic rings. The molecule has 20 heavy (non-hydrogen) atoms. The third-order valence-electron chi connectivity index (χ3n) is 3.50. The first kappa shape index (κ1) is 16.5. The lowest BCUT2D eigenvalue weighted by atomic mass is 10.0. The highest BCUT2D eigenvalue weighted by Crippen LogP contribution is 2.20. The molecule has 1 heterocycles. The number of likely N-dealkylation sites (tertiary alicyclic amines) is 1. The fraction of sp³-hybridized carbons (Fsp3) is 0.429. The highest BCUT2D eigenvalue weighted by molar-refractivity contribution is 5.92. The van der Waals surface area contributed by atoms with Gasteiger partial charge in [-0.15, -0.1) is 12.4 Å². The number of aliphatic carboxylic acids is 1. The number of carbonyl (C=O) groups excluding carboxylic acids is 1. The Labute approximate surface area is 124 Å². The number of halogens is 1. The molecule has 0 aromatic heterocycles. The number of hydrogen-bond donors (Lipinski definition) is 2. The Morgan fingerprint density at radius 3 is 2.75 bits per heavy atom. The van der Waals surface area contributed by atoms with E-state index in [1.807, 2.05) is 11.0 Å². The zero-order valence-corrected chi connectivity index (χ0v) is 11.9. The monoisotopic (exact) mass is 298 g/mol. The van der Waals surface area contributed by atoms with E-state index in [2.05, 4.69) is 0 Å². The van der Waals surface area contributed by atoms with Gasteiger partial charge in [0.1, 0.15) is 6.04 Å². The predicted octanol–water partition coefficient (Wildman–Crippen LogP) is 1.65. The van der Waals surface area contributed by atoms with E-state index in [0.717, 1.165) is 24.9 Å². The van der Waals surface area contributed by atoms with Crippen LogP contribution in [-0.2, 0) is 11.3 Å². The Hall–Kier alpha value is -1.59. The molecule has 1 unspecified atom stereocenters. The highest BCUT2D eigenvalue weighted by Gasteiger charge is 2.28. The van der Waals surface area contributed by atoms with Crippen LogP contribution in [0.15, 0.2) is 24.3 Å². The van der Waals surface area contributed by atoms with Crippen molar-refractivity contribution in [2.24, 2.45) is 5.73 Å². The summed E-state index contributed by atoms with van der Waals surface area (Å²) in [6.45, 7) is 1.32. The Morgan fingerprint density at radius 1 is 1.35 bits per heavy atom. The number of carboxylic acid groups (broad SMARTS) is 1. The van der Waals surface area contributed by atoms with Crippen molar-refractivity contribution in [1.29, 1.82) is 0 Å².